The first kappa shape index (κ1) is 18.7. The van der Waals surface area contributed by atoms with E-state index in [1.165, 1.54) is 33.5 Å². The molecule has 3 aromatic rings. The van der Waals surface area contributed by atoms with E-state index in [0.717, 1.165) is 88.0 Å². The van der Waals surface area contributed by atoms with Crippen molar-refractivity contribution in [2.75, 3.05) is 68.8 Å². The van der Waals surface area contributed by atoms with Gasteiger partial charge in [-0.1, -0.05) is 6.92 Å². The van der Waals surface area contributed by atoms with Gasteiger partial charge in [-0.25, -0.2) is 15.0 Å². The van der Waals surface area contributed by atoms with Crippen LogP contribution in [0.4, 0.5) is 11.6 Å². The molecule has 3 aliphatic rings. The molecule has 158 valence electrons. The van der Waals surface area contributed by atoms with Crippen molar-refractivity contribution < 1.29 is 4.74 Å². The maximum atomic E-state index is 5.58. The number of rotatable bonds is 3. The lowest BCUT2D eigenvalue weighted by Crippen LogP contribution is -2.46. The SMILES string of the molecule is CCN1CCN(c2ncnc3c2sc2nc(N4CCOCC4)c4c(c23)CCC4)CC1. The molecular weight excluding hydrogens is 396 g/mol. The van der Waals surface area contributed by atoms with Crippen molar-refractivity contribution in [3.8, 4) is 0 Å². The number of anilines is 2. The quantitative estimate of drug-likeness (QED) is 0.641. The van der Waals surface area contributed by atoms with Gasteiger partial charge in [0.1, 0.15) is 22.8 Å². The van der Waals surface area contributed by atoms with E-state index >= 15 is 0 Å². The van der Waals surface area contributed by atoms with E-state index in [1.807, 2.05) is 0 Å². The Morgan fingerprint density at radius 3 is 2.50 bits per heavy atom. The second-order valence-corrected chi connectivity index (χ2v) is 9.42. The fourth-order valence-electron chi connectivity index (χ4n) is 5.20. The lowest BCUT2D eigenvalue weighted by molar-refractivity contribution is 0.122. The van der Waals surface area contributed by atoms with Crippen molar-refractivity contribution in [1.82, 2.24) is 19.9 Å². The third-order valence-corrected chi connectivity index (χ3v) is 7.93. The van der Waals surface area contributed by atoms with Gasteiger partial charge in [-0.05, 0) is 36.9 Å². The van der Waals surface area contributed by atoms with Crippen molar-refractivity contribution in [3.63, 3.8) is 0 Å². The Kier molecular flexibility index (Phi) is 4.73. The van der Waals surface area contributed by atoms with Gasteiger partial charge in [0.25, 0.3) is 0 Å². The first-order valence-electron chi connectivity index (χ1n) is 11.2. The number of morpholine rings is 1. The van der Waals surface area contributed by atoms with Crippen molar-refractivity contribution in [3.05, 3.63) is 17.5 Å². The number of piperazine rings is 1. The van der Waals surface area contributed by atoms with E-state index in [2.05, 4.69) is 21.6 Å². The average Bonchev–Trinajstić information content (AvgIpc) is 3.43. The number of hydrogen-bond acceptors (Lipinski definition) is 8. The second kappa shape index (κ2) is 7.59. The maximum Gasteiger partial charge on any atom is 0.150 e. The monoisotopic (exact) mass is 424 g/mol. The fourth-order valence-corrected chi connectivity index (χ4v) is 6.38. The van der Waals surface area contributed by atoms with Crippen molar-refractivity contribution in [2.45, 2.75) is 26.2 Å². The predicted molar refractivity (Wildman–Crippen MR) is 122 cm³/mol. The van der Waals surface area contributed by atoms with Crippen molar-refractivity contribution >= 4 is 43.4 Å². The van der Waals surface area contributed by atoms with Gasteiger partial charge < -0.3 is 19.4 Å². The van der Waals surface area contributed by atoms with Crippen molar-refractivity contribution in [1.29, 1.82) is 0 Å². The van der Waals surface area contributed by atoms with Crippen LogP contribution in [0.25, 0.3) is 20.4 Å². The molecule has 8 heteroatoms. The summed E-state index contributed by atoms with van der Waals surface area (Å²) in [5.74, 6) is 2.29. The Hall–Kier alpha value is -2.03. The molecule has 0 saturated carbocycles. The van der Waals surface area contributed by atoms with E-state index in [-0.39, 0.29) is 0 Å². The summed E-state index contributed by atoms with van der Waals surface area (Å²) in [5, 5.41) is 1.29. The van der Waals surface area contributed by atoms with Gasteiger partial charge in [0.2, 0.25) is 0 Å². The molecule has 5 heterocycles. The Morgan fingerprint density at radius 1 is 0.933 bits per heavy atom. The summed E-state index contributed by atoms with van der Waals surface area (Å²) >= 11 is 1.78. The third-order valence-electron chi connectivity index (χ3n) is 6.86. The molecule has 2 saturated heterocycles. The normalized spacial score (nSPS) is 20.4. The van der Waals surface area contributed by atoms with Crippen LogP contribution in [0.15, 0.2) is 6.33 Å². The molecule has 7 nitrogen and oxygen atoms in total. The summed E-state index contributed by atoms with van der Waals surface area (Å²) in [6, 6.07) is 0. The summed E-state index contributed by atoms with van der Waals surface area (Å²) in [6.07, 6.45) is 5.22. The number of fused-ring (bicyclic) bond motifs is 5. The van der Waals surface area contributed by atoms with Gasteiger partial charge in [-0.3, -0.25) is 0 Å². The Labute approximate surface area is 180 Å². The van der Waals surface area contributed by atoms with Crippen molar-refractivity contribution in [2.24, 2.45) is 0 Å². The van der Waals surface area contributed by atoms with E-state index in [9.17, 15) is 0 Å². The standard InChI is InChI=1S/C22H28N6OS/c1-2-26-6-8-27(9-7-26)21-19-18(23-14-24-21)17-15-4-3-5-16(15)20(25-22(17)30-19)28-10-12-29-13-11-28/h14H,2-13H2,1H3. The van der Waals surface area contributed by atoms with Gasteiger partial charge in [-0.15, -0.1) is 11.3 Å². The minimum Gasteiger partial charge on any atom is -0.378 e. The highest BCUT2D eigenvalue weighted by Gasteiger charge is 2.28. The minimum atomic E-state index is 0.792. The number of likely N-dealkylation sites (N-methyl/N-ethyl adjacent to an activating group) is 1. The smallest absolute Gasteiger partial charge is 0.150 e. The lowest BCUT2D eigenvalue weighted by atomic mass is 10.1. The van der Waals surface area contributed by atoms with E-state index in [0.29, 0.717) is 0 Å². The molecule has 6 rings (SSSR count). The Morgan fingerprint density at radius 2 is 1.70 bits per heavy atom. The zero-order chi connectivity index (χ0) is 20.1. The zero-order valence-corrected chi connectivity index (χ0v) is 18.4. The Bertz CT molecular complexity index is 1080. The third kappa shape index (κ3) is 2.96. The van der Waals surface area contributed by atoms with Gasteiger partial charge in [0, 0.05) is 44.7 Å². The topological polar surface area (TPSA) is 57.6 Å². The summed E-state index contributed by atoms with van der Waals surface area (Å²) < 4.78 is 6.79. The molecule has 3 aromatic heterocycles. The molecule has 2 fully saturated rings. The number of thiophene rings is 1. The summed E-state index contributed by atoms with van der Waals surface area (Å²) in [5.41, 5.74) is 4.03. The number of nitrogens with zero attached hydrogens (tertiary/aromatic N) is 6. The number of aromatic nitrogens is 3. The summed E-state index contributed by atoms with van der Waals surface area (Å²) in [7, 11) is 0. The van der Waals surface area contributed by atoms with Crippen LogP contribution in [0, 0.1) is 0 Å². The van der Waals surface area contributed by atoms with Crippen LogP contribution >= 0.6 is 11.3 Å². The molecule has 0 radical (unpaired) electrons. The molecule has 0 amide bonds. The highest BCUT2D eigenvalue weighted by atomic mass is 32.1. The number of ether oxygens (including phenoxy) is 1. The van der Waals surface area contributed by atoms with Crippen LogP contribution in [0.2, 0.25) is 0 Å². The van der Waals surface area contributed by atoms with E-state index < -0.39 is 0 Å². The Balaban J connectivity index is 1.48. The van der Waals surface area contributed by atoms with Crippen LogP contribution in [0.1, 0.15) is 24.5 Å². The van der Waals surface area contributed by atoms with Crippen LogP contribution in [-0.4, -0.2) is 78.9 Å². The minimum absolute atomic E-state index is 0.792. The first-order chi connectivity index (χ1) is 14.8. The van der Waals surface area contributed by atoms with Gasteiger partial charge >= 0.3 is 0 Å². The molecule has 2 aliphatic heterocycles. The number of pyridine rings is 1. The van der Waals surface area contributed by atoms with Crippen LogP contribution in [0.3, 0.4) is 0 Å². The highest BCUT2D eigenvalue weighted by Crippen LogP contribution is 2.43. The molecule has 0 N–H and O–H groups in total. The number of hydrogen-bond donors (Lipinski definition) is 0. The summed E-state index contributed by atoms with van der Waals surface area (Å²) in [6.45, 7) is 11.1. The zero-order valence-electron chi connectivity index (χ0n) is 17.6. The van der Waals surface area contributed by atoms with Gasteiger partial charge in [0.15, 0.2) is 0 Å². The van der Waals surface area contributed by atoms with Crippen LogP contribution in [-0.2, 0) is 17.6 Å². The second-order valence-electron chi connectivity index (χ2n) is 8.42. The molecule has 1 aliphatic carbocycles. The van der Waals surface area contributed by atoms with Gasteiger partial charge in [0.05, 0.1) is 23.4 Å². The average molecular weight is 425 g/mol. The van der Waals surface area contributed by atoms with Crippen LogP contribution < -0.4 is 9.80 Å². The molecule has 0 aromatic carbocycles. The molecule has 0 unspecified atom stereocenters. The largest absolute Gasteiger partial charge is 0.378 e. The lowest BCUT2D eigenvalue weighted by Gasteiger charge is -2.34. The molecular formula is C22H28N6OS. The van der Waals surface area contributed by atoms with E-state index in [4.69, 9.17) is 19.7 Å². The maximum absolute atomic E-state index is 5.58. The summed E-state index contributed by atoms with van der Waals surface area (Å²) in [4.78, 5) is 23.2. The van der Waals surface area contributed by atoms with E-state index in [1.54, 1.807) is 17.7 Å². The molecule has 0 atom stereocenters. The molecule has 30 heavy (non-hydrogen) atoms. The number of aryl methyl sites for hydroxylation is 1. The fraction of sp³-hybridized carbons (Fsp3) is 0.591. The van der Waals surface area contributed by atoms with Crippen LogP contribution in [0.5, 0.6) is 0 Å². The molecule has 0 bridgehead atoms. The van der Waals surface area contributed by atoms with Gasteiger partial charge in [-0.2, -0.15) is 0 Å². The molecule has 0 spiro atoms. The predicted octanol–water partition coefficient (Wildman–Crippen LogP) is 2.71. The highest BCUT2D eigenvalue weighted by molar-refractivity contribution is 7.26. The first-order valence-corrected chi connectivity index (χ1v) is 12.0.